The Hall–Kier alpha value is -2.04. The molecule has 2 rings (SSSR count). The van der Waals surface area contributed by atoms with Crippen molar-refractivity contribution in [3.05, 3.63) is 23.8 Å². The van der Waals surface area contributed by atoms with Gasteiger partial charge in [-0.05, 0) is 24.1 Å². The zero-order chi connectivity index (χ0) is 14.7. The Bertz CT molecular complexity index is 527. The zero-order valence-electron chi connectivity index (χ0n) is 11.9. The number of carbonyl (C=O) groups is 2. The SMILES string of the molecule is CCC1C(=O)NC(=O)CC1c1ccc(OC)c(OC)c1. The van der Waals surface area contributed by atoms with Crippen molar-refractivity contribution in [1.82, 2.24) is 5.32 Å². The lowest BCUT2D eigenvalue weighted by molar-refractivity contribution is -0.137. The monoisotopic (exact) mass is 277 g/mol. The Morgan fingerprint density at radius 2 is 1.90 bits per heavy atom. The van der Waals surface area contributed by atoms with Crippen molar-refractivity contribution in [3.63, 3.8) is 0 Å². The Morgan fingerprint density at radius 3 is 2.50 bits per heavy atom. The van der Waals surface area contributed by atoms with Gasteiger partial charge in [0, 0.05) is 18.3 Å². The molecule has 1 fully saturated rings. The minimum Gasteiger partial charge on any atom is -0.493 e. The van der Waals surface area contributed by atoms with Gasteiger partial charge in [0.2, 0.25) is 11.8 Å². The number of rotatable bonds is 4. The van der Waals surface area contributed by atoms with Crippen LogP contribution in [0.4, 0.5) is 0 Å². The van der Waals surface area contributed by atoms with Crippen LogP contribution in [-0.2, 0) is 9.59 Å². The second-order valence-corrected chi connectivity index (χ2v) is 4.85. The van der Waals surface area contributed by atoms with Crippen molar-refractivity contribution < 1.29 is 19.1 Å². The molecule has 5 nitrogen and oxygen atoms in total. The molecular weight excluding hydrogens is 258 g/mol. The molecule has 1 saturated heterocycles. The van der Waals surface area contributed by atoms with Crippen molar-refractivity contribution in [1.29, 1.82) is 0 Å². The highest BCUT2D eigenvalue weighted by molar-refractivity contribution is 5.99. The van der Waals surface area contributed by atoms with Crippen molar-refractivity contribution in [2.24, 2.45) is 5.92 Å². The van der Waals surface area contributed by atoms with Crippen molar-refractivity contribution in [2.75, 3.05) is 14.2 Å². The number of nitrogens with one attached hydrogen (secondary N) is 1. The molecular formula is C15H19NO4. The molecule has 0 aromatic heterocycles. The number of carbonyl (C=O) groups excluding carboxylic acids is 2. The Balaban J connectivity index is 2.37. The summed E-state index contributed by atoms with van der Waals surface area (Å²) in [5.41, 5.74) is 0.928. The second kappa shape index (κ2) is 5.94. The smallest absolute Gasteiger partial charge is 0.230 e. The second-order valence-electron chi connectivity index (χ2n) is 4.85. The van der Waals surface area contributed by atoms with E-state index in [4.69, 9.17) is 9.47 Å². The molecule has 1 aromatic carbocycles. The Kier molecular flexibility index (Phi) is 4.27. The van der Waals surface area contributed by atoms with Gasteiger partial charge in [0.15, 0.2) is 11.5 Å². The standard InChI is InChI=1S/C15H19NO4/c1-4-10-11(8-14(17)16-15(10)18)9-5-6-12(19-2)13(7-9)20-3/h5-7,10-11H,4,8H2,1-3H3,(H,16,17,18). The highest BCUT2D eigenvalue weighted by Gasteiger charge is 2.35. The Labute approximate surface area is 118 Å². The summed E-state index contributed by atoms with van der Waals surface area (Å²) in [7, 11) is 3.14. The average Bonchev–Trinajstić information content (AvgIpc) is 2.45. The minimum absolute atomic E-state index is 0.110. The lowest BCUT2D eigenvalue weighted by Gasteiger charge is -2.30. The molecule has 1 heterocycles. The number of hydrogen-bond acceptors (Lipinski definition) is 4. The van der Waals surface area contributed by atoms with Gasteiger partial charge in [-0.15, -0.1) is 0 Å². The zero-order valence-corrected chi connectivity index (χ0v) is 11.9. The number of hydrogen-bond donors (Lipinski definition) is 1. The van der Waals surface area contributed by atoms with Crippen LogP contribution in [0.15, 0.2) is 18.2 Å². The van der Waals surface area contributed by atoms with Crippen molar-refractivity contribution >= 4 is 11.8 Å². The maximum Gasteiger partial charge on any atom is 0.230 e. The van der Waals surface area contributed by atoms with Gasteiger partial charge < -0.3 is 9.47 Å². The van der Waals surface area contributed by atoms with E-state index in [0.29, 0.717) is 24.3 Å². The fraction of sp³-hybridized carbons (Fsp3) is 0.467. The van der Waals surface area contributed by atoms with Crippen LogP contribution in [0.2, 0.25) is 0 Å². The molecule has 1 aliphatic heterocycles. The third-order valence-electron chi connectivity index (χ3n) is 3.77. The predicted molar refractivity (Wildman–Crippen MR) is 73.8 cm³/mol. The van der Waals surface area contributed by atoms with Gasteiger partial charge in [-0.2, -0.15) is 0 Å². The van der Waals surface area contributed by atoms with Crippen molar-refractivity contribution in [2.45, 2.75) is 25.7 Å². The lowest BCUT2D eigenvalue weighted by atomic mass is 9.79. The van der Waals surface area contributed by atoms with Crippen LogP contribution in [0.3, 0.4) is 0 Å². The highest BCUT2D eigenvalue weighted by Crippen LogP contribution is 2.37. The summed E-state index contributed by atoms with van der Waals surface area (Å²) in [6.07, 6.45) is 1.01. The molecule has 2 unspecified atom stereocenters. The van der Waals surface area contributed by atoms with E-state index in [9.17, 15) is 9.59 Å². The number of benzene rings is 1. The fourth-order valence-electron chi connectivity index (χ4n) is 2.71. The predicted octanol–water partition coefficient (Wildman–Crippen LogP) is 1.86. The number of imide groups is 1. The summed E-state index contributed by atoms with van der Waals surface area (Å²) >= 11 is 0. The molecule has 5 heteroatoms. The number of amides is 2. The molecule has 1 N–H and O–H groups in total. The third kappa shape index (κ3) is 2.61. The van der Waals surface area contributed by atoms with Crippen LogP contribution in [0.1, 0.15) is 31.2 Å². The van der Waals surface area contributed by atoms with Gasteiger partial charge >= 0.3 is 0 Å². The molecule has 1 aromatic rings. The summed E-state index contributed by atoms with van der Waals surface area (Å²) in [5.74, 6) is 0.532. The third-order valence-corrected chi connectivity index (χ3v) is 3.77. The summed E-state index contributed by atoms with van der Waals surface area (Å²) in [6.45, 7) is 1.95. The van der Waals surface area contributed by atoms with Crippen LogP contribution >= 0.6 is 0 Å². The van der Waals surface area contributed by atoms with Crippen LogP contribution in [0, 0.1) is 5.92 Å². The lowest BCUT2D eigenvalue weighted by Crippen LogP contribution is -2.44. The molecule has 0 radical (unpaired) electrons. The van der Waals surface area contributed by atoms with Gasteiger partial charge in [-0.1, -0.05) is 13.0 Å². The van der Waals surface area contributed by atoms with Crippen LogP contribution in [0.5, 0.6) is 11.5 Å². The number of ether oxygens (including phenoxy) is 2. The van der Waals surface area contributed by atoms with E-state index in [1.807, 2.05) is 19.1 Å². The van der Waals surface area contributed by atoms with E-state index < -0.39 is 0 Å². The van der Waals surface area contributed by atoms with Crippen LogP contribution < -0.4 is 14.8 Å². The number of methoxy groups -OCH3 is 2. The molecule has 2 atom stereocenters. The molecule has 108 valence electrons. The van der Waals surface area contributed by atoms with E-state index in [2.05, 4.69) is 5.32 Å². The first-order valence-electron chi connectivity index (χ1n) is 6.66. The maximum atomic E-state index is 11.9. The molecule has 0 spiro atoms. The molecule has 2 amide bonds. The number of piperidine rings is 1. The van der Waals surface area contributed by atoms with Gasteiger partial charge in [-0.3, -0.25) is 14.9 Å². The molecule has 1 aliphatic rings. The van der Waals surface area contributed by atoms with E-state index in [0.717, 1.165) is 5.56 Å². The van der Waals surface area contributed by atoms with E-state index in [1.54, 1.807) is 20.3 Å². The molecule has 20 heavy (non-hydrogen) atoms. The molecule has 0 bridgehead atoms. The quantitative estimate of drug-likeness (QED) is 0.853. The van der Waals surface area contributed by atoms with Gasteiger partial charge in [0.1, 0.15) is 0 Å². The first-order valence-corrected chi connectivity index (χ1v) is 6.66. The van der Waals surface area contributed by atoms with Gasteiger partial charge in [0.25, 0.3) is 0 Å². The van der Waals surface area contributed by atoms with Crippen molar-refractivity contribution in [3.8, 4) is 11.5 Å². The van der Waals surface area contributed by atoms with E-state index in [-0.39, 0.29) is 23.7 Å². The summed E-state index contributed by atoms with van der Waals surface area (Å²) in [4.78, 5) is 23.5. The average molecular weight is 277 g/mol. The Morgan fingerprint density at radius 1 is 1.20 bits per heavy atom. The first-order chi connectivity index (χ1) is 9.60. The summed E-state index contributed by atoms with van der Waals surface area (Å²) in [5, 5.41) is 2.40. The summed E-state index contributed by atoms with van der Waals surface area (Å²) < 4.78 is 10.5. The first kappa shape index (κ1) is 14.4. The molecule has 0 saturated carbocycles. The summed E-state index contributed by atoms with van der Waals surface area (Å²) in [6, 6.07) is 5.54. The fourth-order valence-corrected chi connectivity index (χ4v) is 2.71. The largest absolute Gasteiger partial charge is 0.493 e. The highest BCUT2D eigenvalue weighted by atomic mass is 16.5. The van der Waals surface area contributed by atoms with E-state index in [1.165, 1.54) is 0 Å². The molecule has 0 aliphatic carbocycles. The van der Waals surface area contributed by atoms with Gasteiger partial charge in [-0.25, -0.2) is 0 Å². The van der Waals surface area contributed by atoms with Gasteiger partial charge in [0.05, 0.1) is 14.2 Å². The van der Waals surface area contributed by atoms with E-state index >= 15 is 0 Å². The minimum atomic E-state index is -0.223. The van der Waals surface area contributed by atoms with Crippen LogP contribution in [-0.4, -0.2) is 26.0 Å². The topological polar surface area (TPSA) is 64.6 Å². The maximum absolute atomic E-state index is 11.9. The normalized spacial score (nSPS) is 22.4. The van der Waals surface area contributed by atoms with Crippen LogP contribution in [0.25, 0.3) is 0 Å².